The normalized spacial score (nSPS) is 20.5. The van der Waals surface area contributed by atoms with Crippen molar-refractivity contribution in [3.8, 4) is 0 Å². The van der Waals surface area contributed by atoms with E-state index < -0.39 is 0 Å². The molecule has 1 N–H and O–H groups in total. The molecule has 3 nitrogen and oxygen atoms in total. The Labute approximate surface area is 106 Å². The van der Waals surface area contributed by atoms with E-state index in [9.17, 15) is 0 Å². The second-order valence-electron chi connectivity index (χ2n) is 5.07. The van der Waals surface area contributed by atoms with Gasteiger partial charge in [-0.3, -0.25) is 0 Å². The van der Waals surface area contributed by atoms with Crippen molar-refractivity contribution in [3.05, 3.63) is 0 Å². The predicted octanol–water partition coefficient (Wildman–Crippen LogP) is 2.94. The van der Waals surface area contributed by atoms with Gasteiger partial charge in [-0.05, 0) is 31.7 Å². The highest BCUT2D eigenvalue weighted by Crippen LogP contribution is 2.27. The maximum atomic E-state index is 5.47. The van der Waals surface area contributed by atoms with E-state index in [4.69, 9.17) is 9.47 Å². The molecular formula is C14H29NO2. The zero-order valence-electron chi connectivity index (χ0n) is 11.7. The van der Waals surface area contributed by atoms with Crippen LogP contribution in [0.1, 0.15) is 51.9 Å². The molecule has 1 fully saturated rings. The monoisotopic (exact) mass is 243 g/mol. The van der Waals surface area contributed by atoms with Crippen LogP contribution in [0.25, 0.3) is 0 Å². The molecule has 0 aromatic carbocycles. The molecule has 17 heavy (non-hydrogen) atoms. The van der Waals surface area contributed by atoms with E-state index >= 15 is 0 Å². The first-order chi connectivity index (χ1) is 8.33. The number of methoxy groups -OCH3 is 2. The topological polar surface area (TPSA) is 30.5 Å². The van der Waals surface area contributed by atoms with Crippen LogP contribution >= 0.6 is 0 Å². The van der Waals surface area contributed by atoms with Crippen LogP contribution in [-0.2, 0) is 9.47 Å². The van der Waals surface area contributed by atoms with Gasteiger partial charge in [-0.15, -0.1) is 0 Å². The molecule has 1 aliphatic carbocycles. The van der Waals surface area contributed by atoms with Crippen LogP contribution in [0.3, 0.4) is 0 Å². The van der Waals surface area contributed by atoms with Crippen LogP contribution in [0.2, 0.25) is 0 Å². The standard InChI is InChI=1S/C14H29NO2/c1-4-11-15-13(14(16-2)17-3)12-9-7-5-6-8-10-12/h12-15H,4-11H2,1-3H3. The molecule has 1 rings (SSSR count). The van der Waals surface area contributed by atoms with E-state index in [1.165, 1.54) is 38.5 Å². The summed E-state index contributed by atoms with van der Waals surface area (Å²) in [5, 5.41) is 3.62. The summed E-state index contributed by atoms with van der Waals surface area (Å²) in [5.41, 5.74) is 0. The van der Waals surface area contributed by atoms with Crippen molar-refractivity contribution in [3.63, 3.8) is 0 Å². The molecule has 0 bridgehead atoms. The van der Waals surface area contributed by atoms with Crippen LogP contribution in [0, 0.1) is 5.92 Å². The fourth-order valence-corrected chi connectivity index (χ4v) is 2.86. The van der Waals surface area contributed by atoms with Gasteiger partial charge in [0.05, 0.1) is 6.04 Å². The number of ether oxygens (including phenoxy) is 2. The van der Waals surface area contributed by atoms with E-state index in [-0.39, 0.29) is 6.29 Å². The molecule has 0 saturated heterocycles. The lowest BCUT2D eigenvalue weighted by Gasteiger charge is -2.32. The Morgan fingerprint density at radius 3 is 2.12 bits per heavy atom. The lowest BCUT2D eigenvalue weighted by Crippen LogP contribution is -2.47. The molecule has 1 atom stereocenters. The second kappa shape index (κ2) is 8.90. The van der Waals surface area contributed by atoms with Crippen LogP contribution < -0.4 is 5.32 Å². The highest BCUT2D eigenvalue weighted by molar-refractivity contribution is 4.81. The molecule has 1 aliphatic rings. The minimum atomic E-state index is -0.107. The lowest BCUT2D eigenvalue weighted by atomic mass is 9.91. The summed E-state index contributed by atoms with van der Waals surface area (Å²) in [6, 6.07) is 0.350. The average molecular weight is 243 g/mol. The first-order valence-corrected chi connectivity index (χ1v) is 7.12. The fourth-order valence-electron chi connectivity index (χ4n) is 2.86. The van der Waals surface area contributed by atoms with Crippen molar-refractivity contribution < 1.29 is 9.47 Å². The first kappa shape index (κ1) is 14.9. The fraction of sp³-hybridized carbons (Fsp3) is 1.00. The van der Waals surface area contributed by atoms with Crippen molar-refractivity contribution in [2.24, 2.45) is 5.92 Å². The summed E-state index contributed by atoms with van der Waals surface area (Å²) in [6.45, 7) is 3.25. The maximum Gasteiger partial charge on any atom is 0.172 e. The molecule has 0 spiro atoms. The molecule has 0 radical (unpaired) electrons. The van der Waals surface area contributed by atoms with Gasteiger partial charge in [-0.2, -0.15) is 0 Å². The number of rotatable bonds is 7. The smallest absolute Gasteiger partial charge is 0.172 e. The summed E-state index contributed by atoms with van der Waals surface area (Å²) in [6.07, 6.45) is 9.16. The predicted molar refractivity (Wildman–Crippen MR) is 71.1 cm³/mol. The summed E-state index contributed by atoms with van der Waals surface area (Å²) in [7, 11) is 3.48. The lowest BCUT2D eigenvalue weighted by molar-refractivity contribution is -0.134. The van der Waals surface area contributed by atoms with E-state index in [2.05, 4.69) is 12.2 Å². The van der Waals surface area contributed by atoms with E-state index in [1.54, 1.807) is 14.2 Å². The largest absolute Gasteiger partial charge is 0.354 e. The van der Waals surface area contributed by atoms with Crippen LogP contribution in [-0.4, -0.2) is 33.1 Å². The van der Waals surface area contributed by atoms with Crippen molar-refractivity contribution in [1.29, 1.82) is 0 Å². The Balaban J connectivity index is 2.58. The van der Waals surface area contributed by atoms with Gasteiger partial charge in [0.25, 0.3) is 0 Å². The summed E-state index contributed by atoms with van der Waals surface area (Å²) in [5.74, 6) is 0.703. The van der Waals surface area contributed by atoms with Gasteiger partial charge < -0.3 is 14.8 Å². The summed E-state index contributed by atoms with van der Waals surface area (Å²) in [4.78, 5) is 0. The van der Waals surface area contributed by atoms with Gasteiger partial charge in [-0.1, -0.05) is 32.6 Å². The van der Waals surface area contributed by atoms with Gasteiger partial charge in [0.1, 0.15) is 0 Å². The van der Waals surface area contributed by atoms with Crippen LogP contribution in [0.4, 0.5) is 0 Å². The Bertz CT molecular complexity index is 175. The Hall–Kier alpha value is -0.120. The third-order valence-electron chi connectivity index (χ3n) is 3.80. The van der Waals surface area contributed by atoms with E-state index in [0.29, 0.717) is 12.0 Å². The number of hydrogen-bond acceptors (Lipinski definition) is 3. The third kappa shape index (κ3) is 4.94. The van der Waals surface area contributed by atoms with Crippen molar-refractivity contribution in [1.82, 2.24) is 5.32 Å². The quantitative estimate of drug-likeness (QED) is 0.551. The van der Waals surface area contributed by atoms with Crippen molar-refractivity contribution in [2.45, 2.75) is 64.2 Å². The molecule has 0 aromatic heterocycles. The summed E-state index contributed by atoms with van der Waals surface area (Å²) >= 11 is 0. The number of nitrogens with one attached hydrogen (secondary N) is 1. The molecule has 0 amide bonds. The SMILES string of the molecule is CCCNC(C1CCCCCC1)C(OC)OC. The zero-order valence-corrected chi connectivity index (χ0v) is 11.7. The highest BCUT2D eigenvalue weighted by Gasteiger charge is 2.29. The van der Waals surface area contributed by atoms with E-state index in [0.717, 1.165) is 13.0 Å². The Morgan fingerprint density at radius 2 is 1.65 bits per heavy atom. The molecule has 1 saturated carbocycles. The van der Waals surface area contributed by atoms with Gasteiger partial charge >= 0.3 is 0 Å². The van der Waals surface area contributed by atoms with Crippen molar-refractivity contribution >= 4 is 0 Å². The van der Waals surface area contributed by atoms with Gasteiger partial charge in [0, 0.05) is 14.2 Å². The van der Waals surface area contributed by atoms with Crippen LogP contribution in [0.15, 0.2) is 0 Å². The molecule has 102 valence electrons. The highest BCUT2D eigenvalue weighted by atomic mass is 16.7. The Morgan fingerprint density at radius 1 is 1.06 bits per heavy atom. The summed E-state index contributed by atoms with van der Waals surface area (Å²) < 4.78 is 10.9. The molecule has 1 unspecified atom stereocenters. The van der Waals surface area contributed by atoms with Gasteiger partial charge in [0.2, 0.25) is 0 Å². The second-order valence-corrected chi connectivity index (χ2v) is 5.07. The van der Waals surface area contributed by atoms with Crippen LogP contribution in [0.5, 0.6) is 0 Å². The molecule has 0 aromatic rings. The molecule has 0 aliphatic heterocycles. The maximum absolute atomic E-state index is 5.47. The number of hydrogen-bond donors (Lipinski definition) is 1. The minimum Gasteiger partial charge on any atom is -0.354 e. The van der Waals surface area contributed by atoms with Gasteiger partial charge in [0.15, 0.2) is 6.29 Å². The minimum absolute atomic E-state index is 0.107. The molecule has 3 heteroatoms. The molecular weight excluding hydrogens is 214 g/mol. The van der Waals surface area contributed by atoms with E-state index in [1.807, 2.05) is 0 Å². The Kier molecular flexibility index (Phi) is 7.82. The van der Waals surface area contributed by atoms with Crippen molar-refractivity contribution in [2.75, 3.05) is 20.8 Å². The zero-order chi connectivity index (χ0) is 12.5. The first-order valence-electron chi connectivity index (χ1n) is 7.12. The average Bonchev–Trinajstić information content (AvgIpc) is 2.63. The molecule has 0 heterocycles. The van der Waals surface area contributed by atoms with Gasteiger partial charge in [-0.25, -0.2) is 0 Å². The third-order valence-corrected chi connectivity index (χ3v) is 3.80.